The first kappa shape index (κ1) is 15.8. The van der Waals surface area contributed by atoms with Gasteiger partial charge in [-0.3, -0.25) is 0 Å². The highest BCUT2D eigenvalue weighted by atomic mass is 32.1. The summed E-state index contributed by atoms with van der Waals surface area (Å²) < 4.78 is 9.81. The van der Waals surface area contributed by atoms with Crippen molar-refractivity contribution in [2.45, 2.75) is 26.2 Å². The van der Waals surface area contributed by atoms with Crippen molar-refractivity contribution in [1.29, 1.82) is 0 Å². The molecule has 2 aromatic rings. The van der Waals surface area contributed by atoms with E-state index in [1.54, 1.807) is 0 Å². The van der Waals surface area contributed by atoms with Gasteiger partial charge in [-0.1, -0.05) is 43.7 Å². The minimum absolute atomic E-state index is 0.591. The fraction of sp³-hybridized carbons (Fsp3) is 0.438. The molecule has 0 saturated carbocycles. The number of nitrogens with zero attached hydrogens (tertiary/aromatic N) is 1. The van der Waals surface area contributed by atoms with Crippen molar-refractivity contribution in [3.05, 3.63) is 30.3 Å². The van der Waals surface area contributed by atoms with Crippen molar-refractivity contribution in [3.8, 4) is 11.1 Å². The largest absolute Gasteiger partial charge is 0.382 e. The van der Waals surface area contributed by atoms with E-state index in [9.17, 15) is 0 Å². The highest BCUT2D eigenvalue weighted by molar-refractivity contribution is 7.11. The lowest BCUT2D eigenvalue weighted by molar-refractivity contribution is 0.131. The lowest BCUT2D eigenvalue weighted by Gasteiger charge is -2.08. The van der Waals surface area contributed by atoms with Crippen LogP contribution in [-0.2, 0) is 4.74 Å². The van der Waals surface area contributed by atoms with Crippen LogP contribution in [0.2, 0.25) is 0 Å². The van der Waals surface area contributed by atoms with Crippen molar-refractivity contribution in [3.63, 3.8) is 0 Å². The number of ether oxygens (including phenoxy) is 1. The zero-order valence-electron chi connectivity index (χ0n) is 12.5. The van der Waals surface area contributed by atoms with Gasteiger partial charge < -0.3 is 15.8 Å². The molecule has 0 fully saturated rings. The minimum atomic E-state index is 0.591. The Kier molecular flexibility index (Phi) is 6.50. The summed E-state index contributed by atoms with van der Waals surface area (Å²) in [6, 6.07) is 10.1. The quantitative estimate of drug-likeness (QED) is 0.687. The van der Waals surface area contributed by atoms with Crippen LogP contribution in [0.1, 0.15) is 26.2 Å². The summed E-state index contributed by atoms with van der Waals surface area (Å²) in [5.41, 5.74) is 8.10. The van der Waals surface area contributed by atoms with Gasteiger partial charge in [0.15, 0.2) is 0 Å². The van der Waals surface area contributed by atoms with E-state index in [1.807, 2.05) is 18.2 Å². The van der Waals surface area contributed by atoms with Gasteiger partial charge in [-0.05, 0) is 29.9 Å². The summed E-state index contributed by atoms with van der Waals surface area (Å²) in [5, 5.41) is 4.45. The van der Waals surface area contributed by atoms with Gasteiger partial charge in [-0.15, -0.1) is 0 Å². The molecule has 0 atom stereocenters. The molecule has 4 nitrogen and oxygen atoms in total. The van der Waals surface area contributed by atoms with Gasteiger partial charge in [0, 0.05) is 19.8 Å². The zero-order chi connectivity index (χ0) is 14.9. The maximum absolute atomic E-state index is 5.99. The number of nitrogens with one attached hydrogen (secondary N) is 1. The SMILES string of the molecule is CCCCOCCCNc1snc(N)c1-c1ccccc1. The Hall–Kier alpha value is -1.59. The monoisotopic (exact) mass is 305 g/mol. The molecule has 0 spiro atoms. The average Bonchev–Trinajstić information content (AvgIpc) is 2.88. The smallest absolute Gasteiger partial charge is 0.147 e. The van der Waals surface area contributed by atoms with Crippen molar-refractivity contribution in [1.82, 2.24) is 4.37 Å². The number of nitrogen functional groups attached to an aromatic ring is 1. The van der Waals surface area contributed by atoms with E-state index in [-0.39, 0.29) is 0 Å². The van der Waals surface area contributed by atoms with Gasteiger partial charge in [-0.25, -0.2) is 0 Å². The van der Waals surface area contributed by atoms with Crippen LogP contribution in [-0.4, -0.2) is 24.1 Å². The van der Waals surface area contributed by atoms with E-state index < -0.39 is 0 Å². The van der Waals surface area contributed by atoms with Crippen LogP contribution >= 0.6 is 11.5 Å². The van der Waals surface area contributed by atoms with E-state index >= 15 is 0 Å². The second-order valence-corrected chi connectivity index (χ2v) is 5.66. The third-order valence-electron chi connectivity index (χ3n) is 3.17. The standard InChI is InChI=1S/C16H23N3OS/c1-2-3-11-20-12-7-10-18-16-14(15(17)19-21-16)13-8-5-4-6-9-13/h4-6,8-9,18H,2-3,7,10-12H2,1H3,(H2,17,19). The van der Waals surface area contributed by atoms with Gasteiger partial charge in [0.1, 0.15) is 10.8 Å². The molecular formula is C16H23N3OS. The summed E-state index contributed by atoms with van der Waals surface area (Å²) in [6.45, 7) is 4.69. The molecule has 1 heterocycles. The summed E-state index contributed by atoms with van der Waals surface area (Å²) in [4.78, 5) is 0. The van der Waals surface area contributed by atoms with Crippen LogP contribution < -0.4 is 11.1 Å². The maximum atomic E-state index is 5.99. The molecule has 3 N–H and O–H groups in total. The Morgan fingerprint density at radius 2 is 1.95 bits per heavy atom. The molecule has 0 saturated heterocycles. The number of nitrogens with two attached hydrogens (primary N) is 1. The molecule has 0 amide bonds. The van der Waals surface area contributed by atoms with E-state index in [2.05, 4.69) is 28.7 Å². The summed E-state index contributed by atoms with van der Waals surface area (Å²) >= 11 is 1.42. The molecule has 5 heteroatoms. The van der Waals surface area contributed by atoms with Gasteiger partial charge in [-0.2, -0.15) is 4.37 Å². The van der Waals surface area contributed by atoms with Gasteiger partial charge >= 0.3 is 0 Å². The second-order valence-electron chi connectivity index (χ2n) is 4.88. The molecular weight excluding hydrogens is 282 g/mol. The minimum Gasteiger partial charge on any atom is -0.382 e. The summed E-state index contributed by atoms with van der Waals surface area (Å²) in [6.07, 6.45) is 3.30. The molecule has 0 aliphatic carbocycles. The maximum Gasteiger partial charge on any atom is 0.147 e. The number of anilines is 2. The highest BCUT2D eigenvalue weighted by Gasteiger charge is 2.12. The normalized spacial score (nSPS) is 10.7. The highest BCUT2D eigenvalue weighted by Crippen LogP contribution is 2.36. The molecule has 1 aromatic heterocycles. The number of hydrogen-bond donors (Lipinski definition) is 2. The number of unbranched alkanes of at least 4 members (excludes halogenated alkanes) is 1. The van der Waals surface area contributed by atoms with Crippen LogP contribution in [0.5, 0.6) is 0 Å². The van der Waals surface area contributed by atoms with Gasteiger partial charge in [0.25, 0.3) is 0 Å². The number of aromatic nitrogens is 1. The predicted octanol–water partition coefficient (Wildman–Crippen LogP) is 4.01. The predicted molar refractivity (Wildman–Crippen MR) is 90.8 cm³/mol. The van der Waals surface area contributed by atoms with Crippen LogP contribution in [0.3, 0.4) is 0 Å². The van der Waals surface area contributed by atoms with E-state index in [0.717, 1.165) is 48.7 Å². The molecule has 0 bridgehead atoms. The molecule has 2 rings (SSSR count). The van der Waals surface area contributed by atoms with Crippen molar-refractivity contribution in [2.24, 2.45) is 0 Å². The Labute approximate surface area is 130 Å². The van der Waals surface area contributed by atoms with Crippen molar-refractivity contribution >= 4 is 22.4 Å². The molecule has 21 heavy (non-hydrogen) atoms. The second kappa shape index (κ2) is 8.64. The number of hydrogen-bond acceptors (Lipinski definition) is 5. The first-order valence-corrected chi connectivity index (χ1v) is 8.22. The molecule has 114 valence electrons. The van der Waals surface area contributed by atoms with Crippen molar-refractivity contribution < 1.29 is 4.74 Å². The van der Waals surface area contributed by atoms with Gasteiger partial charge in [0.05, 0.1) is 5.56 Å². The van der Waals surface area contributed by atoms with E-state index in [0.29, 0.717) is 5.82 Å². The first-order chi connectivity index (χ1) is 10.3. The van der Waals surface area contributed by atoms with Crippen molar-refractivity contribution in [2.75, 3.05) is 30.8 Å². The summed E-state index contributed by atoms with van der Waals surface area (Å²) in [5.74, 6) is 0.591. The first-order valence-electron chi connectivity index (χ1n) is 7.45. The van der Waals surface area contributed by atoms with Crippen LogP contribution in [0, 0.1) is 0 Å². The molecule has 0 unspecified atom stereocenters. The van der Waals surface area contributed by atoms with E-state index in [4.69, 9.17) is 10.5 Å². The van der Waals surface area contributed by atoms with Crippen LogP contribution in [0.25, 0.3) is 11.1 Å². The van der Waals surface area contributed by atoms with Crippen LogP contribution in [0.15, 0.2) is 30.3 Å². The van der Waals surface area contributed by atoms with Gasteiger partial charge in [0.2, 0.25) is 0 Å². The Morgan fingerprint density at radius 1 is 1.19 bits per heavy atom. The zero-order valence-corrected chi connectivity index (χ0v) is 13.3. The van der Waals surface area contributed by atoms with Crippen LogP contribution in [0.4, 0.5) is 10.8 Å². The van der Waals surface area contributed by atoms with E-state index in [1.165, 1.54) is 18.0 Å². The molecule has 1 aromatic carbocycles. The lowest BCUT2D eigenvalue weighted by Crippen LogP contribution is -2.06. The Balaban J connectivity index is 1.84. The Morgan fingerprint density at radius 3 is 2.71 bits per heavy atom. The fourth-order valence-electron chi connectivity index (χ4n) is 2.03. The Bertz CT molecular complexity index is 528. The summed E-state index contributed by atoms with van der Waals surface area (Å²) in [7, 11) is 0. The molecule has 0 radical (unpaired) electrons. The topological polar surface area (TPSA) is 60.2 Å². The third-order valence-corrected chi connectivity index (χ3v) is 3.99. The molecule has 0 aliphatic rings. The number of benzene rings is 1. The fourth-order valence-corrected chi connectivity index (χ4v) is 2.79. The molecule has 0 aliphatic heterocycles. The third kappa shape index (κ3) is 4.72. The lowest BCUT2D eigenvalue weighted by atomic mass is 10.1. The number of rotatable bonds is 9. The average molecular weight is 305 g/mol.